The molecule has 2 aromatic rings. The fraction of sp³-hybridized carbons (Fsp3) is 0.294. The van der Waals surface area contributed by atoms with Crippen molar-refractivity contribution in [1.29, 1.82) is 0 Å². The van der Waals surface area contributed by atoms with Crippen LogP contribution >= 0.6 is 0 Å². The predicted molar refractivity (Wildman–Crippen MR) is 86.8 cm³/mol. The molecule has 0 radical (unpaired) electrons. The Labute approximate surface area is 128 Å². The summed E-state index contributed by atoms with van der Waals surface area (Å²) in [6.45, 7) is 2.80. The third-order valence-corrected chi connectivity index (χ3v) is 4.46. The molecule has 0 amide bonds. The van der Waals surface area contributed by atoms with Gasteiger partial charge in [-0.25, -0.2) is 0 Å². The van der Waals surface area contributed by atoms with Gasteiger partial charge < -0.3 is 10.4 Å². The fourth-order valence-corrected chi connectivity index (χ4v) is 2.82. The van der Waals surface area contributed by atoms with E-state index in [4.69, 9.17) is 0 Å². The van der Waals surface area contributed by atoms with Gasteiger partial charge in [0.05, 0.1) is 0 Å². The molecule has 112 valence electrons. The van der Waals surface area contributed by atoms with Gasteiger partial charge in [-0.3, -0.25) is 4.21 Å². The maximum atomic E-state index is 11.4. The Kier molecular flexibility index (Phi) is 5.53. The van der Waals surface area contributed by atoms with Crippen LogP contribution in [0.25, 0.3) is 0 Å². The number of nitrogens with one attached hydrogen (secondary N) is 1. The first-order valence-corrected chi connectivity index (χ1v) is 8.61. The van der Waals surface area contributed by atoms with E-state index in [2.05, 4.69) is 12.2 Å². The number of rotatable bonds is 6. The number of hydrogen-bond acceptors (Lipinski definition) is 3. The molecule has 0 aromatic heterocycles. The highest BCUT2D eigenvalue weighted by Crippen LogP contribution is 2.26. The van der Waals surface area contributed by atoms with Crippen molar-refractivity contribution in [2.75, 3.05) is 6.26 Å². The fourth-order valence-electron chi connectivity index (χ4n) is 2.30. The highest BCUT2D eigenvalue weighted by atomic mass is 32.2. The van der Waals surface area contributed by atoms with Crippen LogP contribution in [0.1, 0.15) is 30.5 Å². The summed E-state index contributed by atoms with van der Waals surface area (Å²) < 4.78 is 11.4. The average molecular weight is 303 g/mol. The molecule has 0 aliphatic carbocycles. The van der Waals surface area contributed by atoms with Gasteiger partial charge in [0.1, 0.15) is 5.75 Å². The summed E-state index contributed by atoms with van der Waals surface area (Å²) >= 11 is 0. The predicted octanol–water partition coefficient (Wildman–Crippen LogP) is 3.37. The average Bonchev–Trinajstić information content (AvgIpc) is 2.50. The van der Waals surface area contributed by atoms with Crippen LogP contribution in [0.5, 0.6) is 5.75 Å². The lowest BCUT2D eigenvalue weighted by Gasteiger charge is -2.18. The number of benzene rings is 2. The molecular weight excluding hydrogens is 282 g/mol. The van der Waals surface area contributed by atoms with Crippen LogP contribution < -0.4 is 5.32 Å². The molecule has 2 aromatic carbocycles. The molecule has 0 spiro atoms. The zero-order chi connectivity index (χ0) is 15.2. The number of aromatic hydroxyl groups is 1. The van der Waals surface area contributed by atoms with Crippen LogP contribution in [0, 0.1) is 0 Å². The van der Waals surface area contributed by atoms with Crippen molar-refractivity contribution in [2.45, 2.75) is 30.8 Å². The largest absolute Gasteiger partial charge is 0.508 e. The molecule has 0 saturated carbocycles. The Hall–Kier alpha value is -1.65. The highest BCUT2D eigenvalue weighted by molar-refractivity contribution is 7.84. The van der Waals surface area contributed by atoms with Crippen molar-refractivity contribution < 1.29 is 9.32 Å². The van der Waals surface area contributed by atoms with Crippen LogP contribution in [0.15, 0.2) is 53.4 Å². The minimum atomic E-state index is -0.938. The molecule has 0 fully saturated rings. The second-order valence-corrected chi connectivity index (χ2v) is 6.38. The lowest BCUT2D eigenvalue weighted by atomic mass is 10.0. The second-order valence-electron chi connectivity index (χ2n) is 5.00. The Balaban J connectivity index is 2.03. The SMILES string of the molecule is CC[C@H](NCc1ccc([S@@](C)=O)cc1)c1ccccc1O. The normalized spacial score (nSPS) is 13.8. The zero-order valence-corrected chi connectivity index (χ0v) is 13.2. The first-order chi connectivity index (χ1) is 10.1. The zero-order valence-electron chi connectivity index (χ0n) is 12.4. The van der Waals surface area contributed by atoms with E-state index in [9.17, 15) is 9.32 Å². The monoisotopic (exact) mass is 303 g/mol. The van der Waals surface area contributed by atoms with Gasteiger partial charge >= 0.3 is 0 Å². The van der Waals surface area contributed by atoms with Crippen molar-refractivity contribution in [3.63, 3.8) is 0 Å². The minimum Gasteiger partial charge on any atom is -0.508 e. The van der Waals surface area contributed by atoms with E-state index in [0.29, 0.717) is 12.3 Å². The van der Waals surface area contributed by atoms with E-state index in [1.165, 1.54) is 0 Å². The van der Waals surface area contributed by atoms with Gasteiger partial charge in [0, 0.05) is 40.1 Å². The van der Waals surface area contributed by atoms with E-state index in [1.807, 2.05) is 42.5 Å². The summed E-state index contributed by atoms with van der Waals surface area (Å²) in [4.78, 5) is 0.839. The lowest BCUT2D eigenvalue weighted by Crippen LogP contribution is -2.20. The summed E-state index contributed by atoms with van der Waals surface area (Å²) in [6, 6.07) is 15.3. The first kappa shape index (κ1) is 15.7. The molecule has 0 aliphatic rings. The maximum absolute atomic E-state index is 11.4. The van der Waals surface area contributed by atoms with Crippen molar-refractivity contribution >= 4 is 10.8 Å². The third kappa shape index (κ3) is 4.16. The molecule has 0 heterocycles. The van der Waals surface area contributed by atoms with Crippen LogP contribution in [-0.2, 0) is 17.3 Å². The molecular formula is C17H21NO2S. The molecule has 0 bridgehead atoms. The van der Waals surface area contributed by atoms with Gasteiger partial charge in [-0.2, -0.15) is 0 Å². The highest BCUT2D eigenvalue weighted by Gasteiger charge is 2.12. The van der Waals surface area contributed by atoms with Gasteiger partial charge in [0.15, 0.2) is 0 Å². The summed E-state index contributed by atoms with van der Waals surface area (Å²) in [6.07, 6.45) is 2.58. The Morgan fingerprint density at radius 3 is 2.38 bits per heavy atom. The van der Waals surface area contributed by atoms with Gasteiger partial charge in [-0.1, -0.05) is 37.3 Å². The van der Waals surface area contributed by atoms with Crippen LogP contribution in [-0.4, -0.2) is 15.6 Å². The molecule has 2 atom stereocenters. The van der Waals surface area contributed by atoms with Crippen LogP contribution in [0.2, 0.25) is 0 Å². The van der Waals surface area contributed by atoms with E-state index < -0.39 is 10.8 Å². The smallest absolute Gasteiger partial charge is 0.120 e. The number of hydrogen-bond donors (Lipinski definition) is 2. The summed E-state index contributed by atoms with van der Waals surface area (Å²) in [5, 5.41) is 13.4. The van der Waals surface area contributed by atoms with Gasteiger partial charge in [-0.05, 0) is 30.2 Å². The molecule has 4 heteroatoms. The topological polar surface area (TPSA) is 49.3 Å². The quantitative estimate of drug-likeness (QED) is 0.860. The molecule has 0 aliphatic heterocycles. The number of phenols is 1. The van der Waals surface area contributed by atoms with Gasteiger partial charge in [0.2, 0.25) is 0 Å². The molecule has 0 unspecified atom stereocenters. The Bertz CT molecular complexity index is 610. The number of phenolic OH excluding ortho intramolecular Hbond substituents is 1. The third-order valence-electron chi connectivity index (χ3n) is 3.53. The van der Waals surface area contributed by atoms with Crippen LogP contribution in [0.4, 0.5) is 0 Å². The van der Waals surface area contributed by atoms with Crippen molar-refractivity contribution in [3.05, 3.63) is 59.7 Å². The van der Waals surface area contributed by atoms with Gasteiger partial charge in [0.25, 0.3) is 0 Å². The number of para-hydroxylation sites is 1. The molecule has 2 N–H and O–H groups in total. The Morgan fingerprint density at radius 1 is 1.14 bits per heavy atom. The maximum Gasteiger partial charge on any atom is 0.120 e. The van der Waals surface area contributed by atoms with E-state index in [0.717, 1.165) is 22.4 Å². The van der Waals surface area contributed by atoms with Crippen LogP contribution in [0.3, 0.4) is 0 Å². The Morgan fingerprint density at radius 2 is 1.81 bits per heavy atom. The van der Waals surface area contributed by atoms with Crippen molar-refractivity contribution in [3.8, 4) is 5.75 Å². The lowest BCUT2D eigenvalue weighted by molar-refractivity contribution is 0.441. The summed E-state index contributed by atoms with van der Waals surface area (Å²) in [5.74, 6) is 0.327. The minimum absolute atomic E-state index is 0.117. The first-order valence-electron chi connectivity index (χ1n) is 7.05. The molecule has 21 heavy (non-hydrogen) atoms. The molecule has 0 saturated heterocycles. The van der Waals surface area contributed by atoms with Crippen molar-refractivity contribution in [1.82, 2.24) is 5.32 Å². The standard InChI is InChI=1S/C17H21NO2S/c1-3-16(15-6-4-5-7-17(15)19)18-12-13-8-10-14(11-9-13)21(2)20/h4-11,16,18-19H,3,12H2,1-2H3/t16-,21+/m0/s1. The van der Waals surface area contributed by atoms with E-state index >= 15 is 0 Å². The molecule has 3 nitrogen and oxygen atoms in total. The van der Waals surface area contributed by atoms with E-state index in [-0.39, 0.29) is 6.04 Å². The van der Waals surface area contributed by atoms with Gasteiger partial charge in [-0.15, -0.1) is 0 Å². The molecule has 2 rings (SSSR count). The van der Waals surface area contributed by atoms with Crippen molar-refractivity contribution in [2.24, 2.45) is 0 Å². The van der Waals surface area contributed by atoms with E-state index in [1.54, 1.807) is 12.3 Å². The second kappa shape index (κ2) is 7.38. The summed E-state index contributed by atoms with van der Waals surface area (Å²) in [5.41, 5.74) is 2.06. The summed E-state index contributed by atoms with van der Waals surface area (Å²) in [7, 11) is -0.938.